The monoisotopic (exact) mass is 616 g/mol. The van der Waals surface area contributed by atoms with E-state index in [1.54, 1.807) is 13.8 Å². The fraction of sp³-hybridized carbons (Fsp3) is 0.919. The van der Waals surface area contributed by atoms with Crippen LogP contribution in [-0.2, 0) is 23.7 Å². The second-order valence-electron chi connectivity index (χ2n) is 16.7. The summed E-state index contributed by atoms with van der Waals surface area (Å²) < 4.78 is 24.9. The van der Waals surface area contributed by atoms with Crippen molar-refractivity contribution in [3.05, 3.63) is 11.3 Å². The van der Waals surface area contributed by atoms with Gasteiger partial charge in [0.25, 0.3) is 0 Å². The Hall–Kier alpha value is -1.15. The van der Waals surface area contributed by atoms with E-state index in [-0.39, 0.29) is 41.4 Å². The smallest absolute Gasteiger partial charge is 0.303 e. The van der Waals surface area contributed by atoms with Crippen LogP contribution in [0.1, 0.15) is 132 Å². The number of carbonyl (C=O) groups is 1. The third-order valence-electron chi connectivity index (χ3n) is 13.9. The predicted octanol–water partition coefficient (Wildman–Crippen LogP) is 7.07. The van der Waals surface area contributed by atoms with Gasteiger partial charge >= 0.3 is 5.97 Å². The molecule has 1 saturated heterocycles. The van der Waals surface area contributed by atoms with Crippen LogP contribution in [0.25, 0.3) is 0 Å². The molecule has 10 unspecified atom stereocenters. The number of hydrogen-bond acceptors (Lipinski definition) is 7. The molecule has 5 aliphatic carbocycles. The fourth-order valence-electron chi connectivity index (χ4n) is 12.0. The van der Waals surface area contributed by atoms with Gasteiger partial charge in [0, 0.05) is 19.8 Å². The van der Waals surface area contributed by atoms with Crippen molar-refractivity contribution in [1.82, 2.24) is 0 Å². The Morgan fingerprint density at radius 2 is 1.75 bits per heavy atom. The molecule has 0 aromatic rings. The lowest BCUT2D eigenvalue weighted by molar-refractivity contribution is -0.247. The molecule has 4 saturated carbocycles. The van der Waals surface area contributed by atoms with Crippen molar-refractivity contribution in [1.29, 1.82) is 0 Å². The maximum absolute atomic E-state index is 11.9. The average molecular weight is 617 g/mol. The topological polar surface area (TPSA) is 94.5 Å². The molecule has 250 valence electrons. The molecule has 0 amide bonds. The molecule has 0 radical (unpaired) electrons. The molecule has 5 fully saturated rings. The molecule has 2 heterocycles. The first-order valence-corrected chi connectivity index (χ1v) is 18.0. The van der Waals surface area contributed by atoms with E-state index in [0.29, 0.717) is 42.1 Å². The first-order valence-electron chi connectivity index (χ1n) is 18.0. The van der Waals surface area contributed by atoms with Crippen molar-refractivity contribution in [2.75, 3.05) is 6.61 Å². The molecule has 0 aromatic carbocycles. The van der Waals surface area contributed by atoms with Gasteiger partial charge in [-0.25, -0.2) is 0 Å². The molecule has 0 aromatic heterocycles. The Balaban J connectivity index is 0.00000168. The van der Waals surface area contributed by atoms with Crippen LogP contribution in [0.4, 0.5) is 0 Å². The summed E-state index contributed by atoms with van der Waals surface area (Å²) in [6, 6.07) is 0. The minimum atomic E-state index is -1.16. The van der Waals surface area contributed by atoms with Crippen molar-refractivity contribution in [3.63, 3.8) is 0 Å². The Kier molecular flexibility index (Phi) is 8.37. The summed E-state index contributed by atoms with van der Waals surface area (Å²) in [5.41, 5.74) is 1.51. The Labute approximate surface area is 265 Å². The van der Waals surface area contributed by atoms with Crippen molar-refractivity contribution in [2.24, 2.45) is 39.4 Å². The van der Waals surface area contributed by atoms with Gasteiger partial charge < -0.3 is 29.2 Å². The normalized spacial score (nSPS) is 46.0. The number of aliphatic hydroxyl groups is 2. The van der Waals surface area contributed by atoms with Gasteiger partial charge in [-0.15, -0.1) is 0 Å². The van der Waals surface area contributed by atoms with Crippen LogP contribution in [-0.4, -0.2) is 59.1 Å². The number of esters is 1. The van der Waals surface area contributed by atoms with Crippen molar-refractivity contribution < 1.29 is 34.0 Å². The maximum atomic E-state index is 11.9. The van der Waals surface area contributed by atoms with Crippen molar-refractivity contribution >= 4 is 5.97 Å². The first kappa shape index (κ1) is 32.8. The quantitative estimate of drug-likeness (QED) is 0.252. The molecule has 0 bridgehead atoms. The Bertz CT molecular complexity index is 1140. The van der Waals surface area contributed by atoms with Crippen LogP contribution < -0.4 is 0 Å². The van der Waals surface area contributed by atoms with Gasteiger partial charge in [0.2, 0.25) is 0 Å². The maximum Gasteiger partial charge on any atom is 0.303 e. The van der Waals surface area contributed by atoms with Gasteiger partial charge in [0.1, 0.15) is 6.10 Å². The number of aliphatic hydroxyl groups excluding tert-OH is 1. The van der Waals surface area contributed by atoms with Crippen LogP contribution in [0.15, 0.2) is 11.3 Å². The van der Waals surface area contributed by atoms with E-state index in [9.17, 15) is 15.0 Å². The highest BCUT2D eigenvalue weighted by molar-refractivity contribution is 5.66. The summed E-state index contributed by atoms with van der Waals surface area (Å²) in [4.78, 5) is 11.9. The predicted molar refractivity (Wildman–Crippen MR) is 168 cm³/mol. The summed E-state index contributed by atoms with van der Waals surface area (Å²) in [5, 5.41) is 21.0. The van der Waals surface area contributed by atoms with Gasteiger partial charge in [-0.1, -0.05) is 34.6 Å². The number of fused-ring (bicyclic) bond motifs is 3. The first-order chi connectivity index (χ1) is 20.7. The van der Waals surface area contributed by atoms with E-state index in [0.717, 1.165) is 37.4 Å². The molecule has 44 heavy (non-hydrogen) atoms. The Morgan fingerprint density at radius 3 is 2.43 bits per heavy atom. The van der Waals surface area contributed by atoms with Crippen LogP contribution >= 0.6 is 0 Å². The minimum absolute atomic E-state index is 0.0888. The molecule has 2 N–H and O–H groups in total. The third-order valence-corrected chi connectivity index (χ3v) is 13.9. The molecular formula is C37H60O7. The van der Waals surface area contributed by atoms with Gasteiger partial charge in [-0.2, -0.15) is 0 Å². The summed E-state index contributed by atoms with van der Waals surface area (Å²) in [6.45, 7) is 16.8. The molecule has 11 atom stereocenters. The number of ether oxygens (including phenoxy) is 4. The molecule has 7 rings (SSSR count). The zero-order valence-corrected chi connectivity index (χ0v) is 28.7. The summed E-state index contributed by atoms with van der Waals surface area (Å²) >= 11 is 0. The van der Waals surface area contributed by atoms with Gasteiger partial charge in [-0.05, 0) is 123 Å². The number of rotatable bonds is 5. The van der Waals surface area contributed by atoms with Gasteiger partial charge in [0.05, 0.1) is 30.2 Å². The molecule has 2 spiro atoms. The van der Waals surface area contributed by atoms with E-state index < -0.39 is 11.7 Å². The molecule has 2 aliphatic heterocycles. The van der Waals surface area contributed by atoms with E-state index >= 15 is 0 Å². The van der Waals surface area contributed by atoms with Gasteiger partial charge in [-0.3, -0.25) is 4.79 Å². The van der Waals surface area contributed by atoms with E-state index in [1.807, 2.05) is 13.8 Å². The summed E-state index contributed by atoms with van der Waals surface area (Å²) in [5.74, 6) is 2.77. The number of hydrogen-bond donors (Lipinski definition) is 2. The number of allylic oxidation sites excluding steroid dienone is 2. The summed E-state index contributed by atoms with van der Waals surface area (Å²) in [7, 11) is 0. The average Bonchev–Trinajstić information content (AvgIpc) is 3.53. The highest BCUT2D eigenvalue weighted by atomic mass is 16.7. The zero-order chi connectivity index (χ0) is 31.9. The summed E-state index contributed by atoms with van der Waals surface area (Å²) in [6.07, 6.45) is 11.5. The highest BCUT2D eigenvalue weighted by Crippen LogP contribution is 2.87. The van der Waals surface area contributed by atoms with Crippen LogP contribution in [0.2, 0.25) is 0 Å². The minimum Gasteiger partial charge on any atom is -0.491 e. The highest BCUT2D eigenvalue weighted by Gasteiger charge is 2.80. The molecule has 7 nitrogen and oxygen atoms in total. The van der Waals surface area contributed by atoms with Crippen LogP contribution in [0.5, 0.6) is 0 Å². The standard InChI is InChI=1S/C35H54O7.C2H6/c1-20(36)40-30(32(4,5)38)25-9-7-23-26(41-25)18-24-22-8-10-27-31(2,3)28(42-29-17-21(37)12-16-39-29)11-13-35(27)19-34(22,35)15-14-33(23,24)6;1-2/h21-22,24-25,27-30,37-38H,7-19H2,1-6H3;1-2H3/t21?,22?,24?,25?,27?,28?,29?,30?,33-,34?,35?;/m1./s1. The molecule has 7 aliphatic rings. The second kappa shape index (κ2) is 11.2. The molecular weight excluding hydrogens is 556 g/mol. The van der Waals surface area contributed by atoms with Gasteiger partial charge in [0.15, 0.2) is 12.4 Å². The van der Waals surface area contributed by atoms with Crippen molar-refractivity contribution in [3.8, 4) is 0 Å². The fourth-order valence-corrected chi connectivity index (χ4v) is 12.0. The van der Waals surface area contributed by atoms with E-state index in [4.69, 9.17) is 18.9 Å². The lowest BCUT2D eigenvalue weighted by Gasteiger charge is -2.59. The van der Waals surface area contributed by atoms with E-state index in [1.165, 1.54) is 51.0 Å². The van der Waals surface area contributed by atoms with Crippen LogP contribution in [0.3, 0.4) is 0 Å². The molecule has 7 heteroatoms. The third kappa shape index (κ3) is 4.92. The lowest BCUT2D eigenvalue weighted by Crippen LogP contribution is -2.55. The Morgan fingerprint density at radius 1 is 1.00 bits per heavy atom. The van der Waals surface area contributed by atoms with E-state index in [2.05, 4.69) is 20.8 Å². The van der Waals surface area contributed by atoms with Crippen LogP contribution in [0, 0.1) is 39.4 Å². The largest absolute Gasteiger partial charge is 0.491 e. The van der Waals surface area contributed by atoms with Crippen molar-refractivity contribution in [2.45, 2.75) is 169 Å². The SMILES string of the molecule is CC.CC(=O)OC(C1CCC2=C(CC3C4CCC5C(C)(C)C(OC6CC(O)CCO6)CCC56CC46CC[C@]23C)O1)C(C)(C)O. The zero-order valence-electron chi connectivity index (χ0n) is 28.7. The lowest BCUT2D eigenvalue weighted by atomic mass is 9.46. The number of carbonyl (C=O) groups excluding carboxylic acids is 1. The second-order valence-corrected chi connectivity index (χ2v) is 16.7.